The number of rotatable bonds is 3. The van der Waals surface area contributed by atoms with Gasteiger partial charge in [-0.15, -0.1) is 0 Å². The van der Waals surface area contributed by atoms with Gasteiger partial charge in [-0.1, -0.05) is 12.1 Å². The van der Waals surface area contributed by atoms with E-state index in [-0.39, 0.29) is 0 Å². The van der Waals surface area contributed by atoms with Gasteiger partial charge in [-0.05, 0) is 30.3 Å². The van der Waals surface area contributed by atoms with E-state index in [1.807, 2.05) is 42.5 Å². The molecule has 0 radical (unpaired) electrons. The zero-order valence-electron chi connectivity index (χ0n) is 15.6. The molecule has 0 amide bonds. The van der Waals surface area contributed by atoms with Crippen LogP contribution in [-0.2, 0) is 0 Å². The lowest BCUT2D eigenvalue weighted by atomic mass is 10.1. The molecule has 5 aromatic heterocycles. The molecule has 0 aliphatic carbocycles. The molecule has 1 aromatic carbocycles. The smallest absolute Gasteiger partial charge is 0.178 e. The second kappa shape index (κ2) is 6.56. The van der Waals surface area contributed by atoms with Crippen molar-refractivity contribution in [3.05, 3.63) is 73.4 Å². The molecule has 142 valence electrons. The van der Waals surface area contributed by atoms with Crippen molar-refractivity contribution in [2.24, 2.45) is 0 Å². The number of aromatic nitrogens is 8. The first-order valence-electron chi connectivity index (χ1n) is 9.38. The number of imidazole rings is 1. The van der Waals surface area contributed by atoms with Crippen molar-refractivity contribution < 1.29 is 0 Å². The minimum atomic E-state index is 0.620. The van der Waals surface area contributed by atoms with Crippen LogP contribution in [0.25, 0.3) is 56.1 Å². The van der Waals surface area contributed by atoms with Crippen LogP contribution >= 0.6 is 0 Å². The van der Waals surface area contributed by atoms with Gasteiger partial charge in [-0.2, -0.15) is 5.10 Å². The Balaban J connectivity index is 1.52. The van der Waals surface area contributed by atoms with Crippen molar-refractivity contribution in [2.75, 3.05) is 0 Å². The van der Waals surface area contributed by atoms with Gasteiger partial charge in [0.05, 0.1) is 28.6 Å². The molecule has 0 atom stereocenters. The molecule has 0 bridgehead atoms. The van der Waals surface area contributed by atoms with Crippen LogP contribution in [0.2, 0.25) is 0 Å². The van der Waals surface area contributed by atoms with Crippen molar-refractivity contribution in [2.45, 2.75) is 0 Å². The summed E-state index contributed by atoms with van der Waals surface area (Å²) >= 11 is 0. The summed E-state index contributed by atoms with van der Waals surface area (Å²) in [5, 5.41) is 8.52. The first-order chi connectivity index (χ1) is 14.9. The summed E-state index contributed by atoms with van der Waals surface area (Å²) in [6.45, 7) is 0. The van der Waals surface area contributed by atoms with Crippen LogP contribution in [0.5, 0.6) is 0 Å². The standard InChI is InChI=1S/C22H14N8/c1-2-7-24-16(3-1)14-6-8-26-21-19(14)27-22(28-21)20-15-11-13(4-5-17(15)29-30-20)18-12-23-9-10-25-18/h1-12H,(H,29,30)(H,26,27,28). The predicted octanol–water partition coefficient (Wildman–Crippen LogP) is 4.02. The van der Waals surface area contributed by atoms with Gasteiger partial charge in [-0.25, -0.2) is 9.97 Å². The summed E-state index contributed by atoms with van der Waals surface area (Å²) in [5.41, 5.74) is 6.65. The fourth-order valence-electron chi connectivity index (χ4n) is 3.56. The van der Waals surface area contributed by atoms with Gasteiger partial charge >= 0.3 is 0 Å². The van der Waals surface area contributed by atoms with Crippen LogP contribution in [0.3, 0.4) is 0 Å². The average molecular weight is 390 g/mol. The Bertz CT molecular complexity index is 1490. The molecule has 0 spiro atoms. The Hall–Kier alpha value is -4.46. The normalized spacial score (nSPS) is 11.3. The van der Waals surface area contributed by atoms with Crippen molar-refractivity contribution in [1.29, 1.82) is 0 Å². The van der Waals surface area contributed by atoms with E-state index < -0.39 is 0 Å². The van der Waals surface area contributed by atoms with Crippen LogP contribution in [0, 0.1) is 0 Å². The molecule has 30 heavy (non-hydrogen) atoms. The number of nitrogens with zero attached hydrogens (tertiary/aromatic N) is 6. The highest BCUT2D eigenvalue weighted by Crippen LogP contribution is 2.31. The summed E-state index contributed by atoms with van der Waals surface area (Å²) < 4.78 is 0. The SMILES string of the molecule is c1ccc(-c2ccnc3nc(-c4n[nH]c5ccc(-c6cnccn6)cc45)[nH]c23)nc1. The third-order valence-electron chi connectivity index (χ3n) is 4.98. The van der Waals surface area contributed by atoms with E-state index in [9.17, 15) is 0 Å². The molecule has 6 rings (SSSR count). The quantitative estimate of drug-likeness (QED) is 0.472. The first-order valence-corrected chi connectivity index (χ1v) is 9.38. The molecule has 8 heteroatoms. The molecule has 0 saturated carbocycles. The van der Waals surface area contributed by atoms with Crippen molar-refractivity contribution >= 4 is 22.1 Å². The van der Waals surface area contributed by atoms with Gasteiger partial charge in [0.1, 0.15) is 5.69 Å². The van der Waals surface area contributed by atoms with Crippen molar-refractivity contribution in [3.8, 4) is 34.0 Å². The number of nitrogens with one attached hydrogen (secondary N) is 2. The zero-order chi connectivity index (χ0) is 19.9. The van der Waals surface area contributed by atoms with Gasteiger partial charge in [-0.3, -0.25) is 20.1 Å². The second-order valence-corrected chi connectivity index (χ2v) is 6.78. The summed E-state index contributed by atoms with van der Waals surface area (Å²) in [7, 11) is 0. The van der Waals surface area contributed by atoms with Crippen LogP contribution in [0.1, 0.15) is 0 Å². The molecular weight excluding hydrogens is 376 g/mol. The topological polar surface area (TPSA) is 109 Å². The maximum Gasteiger partial charge on any atom is 0.178 e. The largest absolute Gasteiger partial charge is 0.335 e. The van der Waals surface area contributed by atoms with Crippen molar-refractivity contribution in [3.63, 3.8) is 0 Å². The lowest BCUT2D eigenvalue weighted by Gasteiger charge is -2.01. The lowest BCUT2D eigenvalue weighted by molar-refractivity contribution is 1.10. The van der Waals surface area contributed by atoms with E-state index in [0.29, 0.717) is 11.5 Å². The highest BCUT2D eigenvalue weighted by atomic mass is 15.1. The highest BCUT2D eigenvalue weighted by Gasteiger charge is 2.16. The molecule has 8 nitrogen and oxygen atoms in total. The van der Waals surface area contributed by atoms with E-state index in [1.54, 1.807) is 31.0 Å². The van der Waals surface area contributed by atoms with Crippen LogP contribution in [-0.4, -0.2) is 40.1 Å². The van der Waals surface area contributed by atoms with Gasteiger partial charge < -0.3 is 4.98 Å². The Labute approximate surface area is 170 Å². The molecule has 0 aliphatic rings. The average Bonchev–Trinajstić information content (AvgIpc) is 3.43. The molecule has 5 heterocycles. The monoisotopic (exact) mass is 390 g/mol. The van der Waals surface area contributed by atoms with Gasteiger partial charge in [0.15, 0.2) is 11.5 Å². The number of aromatic amines is 2. The van der Waals surface area contributed by atoms with E-state index in [1.165, 1.54) is 0 Å². The maximum atomic E-state index is 4.69. The van der Waals surface area contributed by atoms with Crippen LogP contribution < -0.4 is 0 Å². The zero-order valence-corrected chi connectivity index (χ0v) is 15.6. The highest BCUT2D eigenvalue weighted by molar-refractivity contribution is 5.96. The summed E-state index contributed by atoms with van der Waals surface area (Å²) in [6.07, 6.45) is 8.59. The molecule has 0 aliphatic heterocycles. The number of H-pyrrole nitrogens is 2. The predicted molar refractivity (Wildman–Crippen MR) is 113 cm³/mol. The van der Waals surface area contributed by atoms with E-state index in [0.717, 1.165) is 44.6 Å². The summed E-state index contributed by atoms with van der Waals surface area (Å²) in [4.78, 5) is 25.5. The molecular formula is C22H14N8. The molecule has 0 fully saturated rings. The number of fused-ring (bicyclic) bond motifs is 2. The Morgan fingerprint density at radius 3 is 2.63 bits per heavy atom. The minimum absolute atomic E-state index is 0.620. The van der Waals surface area contributed by atoms with E-state index in [2.05, 4.69) is 40.1 Å². The third kappa shape index (κ3) is 2.62. The van der Waals surface area contributed by atoms with Gasteiger partial charge in [0.25, 0.3) is 0 Å². The van der Waals surface area contributed by atoms with E-state index in [4.69, 9.17) is 0 Å². The summed E-state index contributed by atoms with van der Waals surface area (Å²) in [5.74, 6) is 0.642. The number of benzene rings is 1. The number of hydrogen-bond donors (Lipinski definition) is 2. The van der Waals surface area contributed by atoms with Crippen LogP contribution in [0.4, 0.5) is 0 Å². The molecule has 6 aromatic rings. The van der Waals surface area contributed by atoms with E-state index >= 15 is 0 Å². The van der Waals surface area contributed by atoms with Crippen LogP contribution in [0.15, 0.2) is 73.4 Å². The molecule has 2 N–H and O–H groups in total. The van der Waals surface area contributed by atoms with Crippen molar-refractivity contribution in [1.82, 2.24) is 40.1 Å². The molecule has 0 unspecified atom stereocenters. The fourth-order valence-corrected chi connectivity index (χ4v) is 3.56. The molecule has 0 saturated heterocycles. The first kappa shape index (κ1) is 16.5. The Morgan fingerprint density at radius 1 is 0.800 bits per heavy atom. The minimum Gasteiger partial charge on any atom is -0.335 e. The lowest BCUT2D eigenvalue weighted by Crippen LogP contribution is -1.86. The Kier molecular flexibility index (Phi) is 3.60. The summed E-state index contributed by atoms with van der Waals surface area (Å²) in [6, 6.07) is 13.8. The number of pyridine rings is 2. The second-order valence-electron chi connectivity index (χ2n) is 6.78. The van der Waals surface area contributed by atoms with Gasteiger partial charge in [0, 0.05) is 41.3 Å². The maximum absolute atomic E-state index is 4.69. The van der Waals surface area contributed by atoms with Gasteiger partial charge in [0.2, 0.25) is 0 Å². The number of hydrogen-bond acceptors (Lipinski definition) is 6. The Morgan fingerprint density at radius 2 is 1.77 bits per heavy atom. The fraction of sp³-hybridized carbons (Fsp3) is 0. The third-order valence-corrected chi connectivity index (χ3v) is 4.98.